The molecular formula is C8H8Cl2F3NOS. The predicted molar refractivity (Wildman–Crippen MR) is 59.2 cm³/mol. The van der Waals surface area contributed by atoms with Gasteiger partial charge in [-0.05, 0) is 6.07 Å². The Morgan fingerprint density at radius 1 is 1.31 bits per heavy atom. The molecule has 1 aromatic rings. The smallest absolute Gasteiger partial charge is 0.260 e. The standard InChI is InChI=1S/C6H2Cl2F3N.C2H6OS/c7-4-1-3(6(9,10)11)2-12-5(4)8;1-4(2)3/h1-2H;1-2H3. The lowest BCUT2D eigenvalue weighted by Crippen LogP contribution is -2.05. The average Bonchev–Trinajstić information content (AvgIpc) is 2.06. The van der Waals surface area contributed by atoms with E-state index in [-0.39, 0.29) is 10.2 Å². The summed E-state index contributed by atoms with van der Waals surface area (Å²) >= 11 is 10.6. The zero-order valence-corrected chi connectivity index (χ0v) is 10.6. The van der Waals surface area contributed by atoms with E-state index in [0.717, 1.165) is 6.07 Å². The maximum atomic E-state index is 12.0. The minimum absolute atomic E-state index is 0.135. The summed E-state index contributed by atoms with van der Waals surface area (Å²) in [5.74, 6) is 0. The van der Waals surface area contributed by atoms with Crippen LogP contribution in [0.2, 0.25) is 10.2 Å². The van der Waals surface area contributed by atoms with E-state index in [1.54, 1.807) is 12.5 Å². The molecule has 0 aliphatic heterocycles. The van der Waals surface area contributed by atoms with Crippen LogP contribution >= 0.6 is 23.2 Å². The number of alkyl halides is 3. The van der Waals surface area contributed by atoms with E-state index in [0.29, 0.717) is 6.20 Å². The molecule has 0 saturated carbocycles. The molecule has 0 unspecified atom stereocenters. The van der Waals surface area contributed by atoms with Crippen molar-refractivity contribution in [2.24, 2.45) is 0 Å². The Labute approximate surface area is 103 Å². The lowest BCUT2D eigenvalue weighted by molar-refractivity contribution is -0.137. The molecule has 92 valence electrons. The van der Waals surface area contributed by atoms with Crippen molar-refractivity contribution in [1.29, 1.82) is 0 Å². The SMILES string of the molecule is CS(C)=O.FC(F)(F)c1cnc(Cl)c(Cl)c1. The number of halogens is 5. The Morgan fingerprint density at radius 2 is 1.75 bits per heavy atom. The van der Waals surface area contributed by atoms with Gasteiger partial charge in [0, 0.05) is 29.5 Å². The lowest BCUT2D eigenvalue weighted by atomic mass is 10.3. The molecule has 0 radical (unpaired) electrons. The van der Waals surface area contributed by atoms with Gasteiger partial charge in [0.2, 0.25) is 0 Å². The van der Waals surface area contributed by atoms with E-state index < -0.39 is 22.5 Å². The van der Waals surface area contributed by atoms with Crippen molar-refractivity contribution in [3.63, 3.8) is 0 Å². The van der Waals surface area contributed by atoms with Gasteiger partial charge in [-0.15, -0.1) is 0 Å². The number of aromatic nitrogens is 1. The molecule has 0 aliphatic carbocycles. The quantitative estimate of drug-likeness (QED) is 0.686. The van der Waals surface area contributed by atoms with Gasteiger partial charge in [-0.25, -0.2) is 4.98 Å². The monoisotopic (exact) mass is 293 g/mol. The van der Waals surface area contributed by atoms with E-state index in [9.17, 15) is 17.4 Å². The van der Waals surface area contributed by atoms with E-state index in [1.165, 1.54) is 0 Å². The molecule has 1 heterocycles. The molecule has 0 fully saturated rings. The molecule has 0 atom stereocenters. The van der Waals surface area contributed by atoms with Crippen molar-refractivity contribution in [3.05, 3.63) is 28.0 Å². The van der Waals surface area contributed by atoms with Crippen molar-refractivity contribution >= 4 is 34.0 Å². The average molecular weight is 294 g/mol. The second kappa shape index (κ2) is 6.42. The fourth-order valence-electron chi connectivity index (χ4n) is 0.576. The molecule has 0 aliphatic rings. The zero-order valence-electron chi connectivity index (χ0n) is 8.31. The highest BCUT2D eigenvalue weighted by Crippen LogP contribution is 2.31. The van der Waals surface area contributed by atoms with Crippen LogP contribution in [0.15, 0.2) is 12.3 Å². The molecule has 0 bridgehead atoms. The van der Waals surface area contributed by atoms with Crippen molar-refractivity contribution in [1.82, 2.24) is 4.98 Å². The van der Waals surface area contributed by atoms with E-state index in [1.807, 2.05) is 0 Å². The van der Waals surface area contributed by atoms with Gasteiger partial charge in [-0.1, -0.05) is 23.2 Å². The molecule has 8 heteroatoms. The van der Waals surface area contributed by atoms with Gasteiger partial charge in [0.05, 0.1) is 10.6 Å². The predicted octanol–water partition coefficient (Wildman–Crippen LogP) is 3.40. The molecule has 0 aromatic carbocycles. The van der Waals surface area contributed by atoms with Crippen LogP contribution in [-0.4, -0.2) is 21.7 Å². The summed E-state index contributed by atoms with van der Waals surface area (Å²) < 4.78 is 45.4. The van der Waals surface area contributed by atoms with Gasteiger partial charge in [0.1, 0.15) is 5.15 Å². The minimum Gasteiger partial charge on any atom is -0.260 e. The maximum absolute atomic E-state index is 12.0. The second-order valence-corrected chi connectivity index (χ2v) is 4.98. The summed E-state index contributed by atoms with van der Waals surface area (Å²) in [6.07, 6.45) is -0.518. The van der Waals surface area contributed by atoms with Gasteiger partial charge >= 0.3 is 6.18 Å². The summed E-state index contributed by atoms with van der Waals surface area (Å²) in [5.41, 5.74) is -0.906. The summed E-state index contributed by atoms with van der Waals surface area (Å²) in [7, 11) is -0.611. The van der Waals surface area contributed by atoms with Crippen LogP contribution in [0.1, 0.15) is 5.56 Å². The number of rotatable bonds is 0. The topological polar surface area (TPSA) is 30.0 Å². The Hall–Kier alpha value is -0.330. The fraction of sp³-hybridized carbons (Fsp3) is 0.375. The van der Waals surface area contributed by atoms with Crippen molar-refractivity contribution in [2.45, 2.75) is 6.18 Å². The molecule has 0 saturated heterocycles. The van der Waals surface area contributed by atoms with E-state index in [4.69, 9.17) is 23.2 Å². The van der Waals surface area contributed by atoms with E-state index >= 15 is 0 Å². The number of nitrogens with zero attached hydrogens (tertiary/aromatic N) is 1. The van der Waals surface area contributed by atoms with Crippen LogP contribution in [0.25, 0.3) is 0 Å². The normalized spacial score (nSPS) is 11.0. The zero-order chi connectivity index (χ0) is 12.9. The number of hydrogen-bond acceptors (Lipinski definition) is 2. The van der Waals surface area contributed by atoms with Crippen LogP contribution in [-0.2, 0) is 17.0 Å². The Morgan fingerprint density at radius 3 is 2.06 bits per heavy atom. The molecule has 1 rings (SSSR count). The highest BCUT2D eigenvalue weighted by atomic mass is 35.5. The van der Waals surface area contributed by atoms with Crippen LogP contribution in [0.5, 0.6) is 0 Å². The van der Waals surface area contributed by atoms with Gasteiger partial charge in [-0.2, -0.15) is 13.2 Å². The Kier molecular flexibility index (Phi) is 6.28. The summed E-state index contributed by atoms with van der Waals surface area (Å²) in [4.78, 5) is 3.26. The van der Waals surface area contributed by atoms with Crippen molar-refractivity contribution in [2.75, 3.05) is 12.5 Å². The molecule has 0 N–H and O–H groups in total. The molecule has 16 heavy (non-hydrogen) atoms. The van der Waals surface area contributed by atoms with Crippen LogP contribution in [0.3, 0.4) is 0 Å². The largest absolute Gasteiger partial charge is 0.417 e. The van der Waals surface area contributed by atoms with Crippen LogP contribution < -0.4 is 0 Å². The highest BCUT2D eigenvalue weighted by molar-refractivity contribution is 7.83. The first-order chi connectivity index (χ1) is 7.14. The fourth-order valence-corrected chi connectivity index (χ4v) is 0.846. The Bertz CT molecular complexity index is 380. The summed E-state index contributed by atoms with van der Waals surface area (Å²) in [6, 6.07) is 0.733. The highest BCUT2D eigenvalue weighted by Gasteiger charge is 2.31. The first-order valence-electron chi connectivity index (χ1n) is 3.78. The summed E-state index contributed by atoms with van der Waals surface area (Å²) in [6.45, 7) is 0. The van der Waals surface area contributed by atoms with Gasteiger partial charge in [0.25, 0.3) is 0 Å². The minimum atomic E-state index is -4.43. The van der Waals surface area contributed by atoms with Crippen molar-refractivity contribution in [3.8, 4) is 0 Å². The first-order valence-corrected chi connectivity index (χ1v) is 6.50. The number of pyridine rings is 1. The Balaban J connectivity index is 0.000000487. The first kappa shape index (κ1) is 15.7. The van der Waals surface area contributed by atoms with Crippen LogP contribution in [0, 0.1) is 0 Å². The number of hydrogen-bond donors (Lipinski definition) is 0. The van der Waals surface area contributed by atoms with Gasteiger partial charge < -0.3 is 0 Å². The molecule has 0 amide bonds. The molecule has 1 aromatic heterocycles. The van der Waals surface area contributed by atoms with E-state index in [2.05, 4.69) is 4.98 Å². The summed E-state index contributed by atoms with van der Waals surface area (Å²) in [5, 5.41) is -0.337. The third-order valence-electron chi connectivity index (χ3n) is 1.12. The van der Waals surface area contributed by atoms with Crippen molar-refractivity contribution < 1.29 is 17.4 Å². The molecular weight excluding hydrogens is 286 g/mol. The van der Waals surface area contributed by atoms with Gasteiger partial charge in [0.15, 0.2) is 0 Å². The third-order valence-corrected chi connectivity index (χ3v) is 1.81. The van der Waals surface area contributed by atoms with Gasteiger partial charge in [-0.3, -0.25) is 4.21 Å². The maximum Gasteiger partial charge on any atom is 0.417 e. The molecule has 2 nitrogen and oxygen atoms in total. The lowest BCUT2D eigenvalue weighted by Gasteiger charge is -2.05. The van der Waals surface area contributed by atoms with Crippen LogP contribution in [0.4, 0.5) is 13.2 Å². The molecule has 0 spiro atoms. The second-order valence-electron chi connectivity index (χ2n) is 2.74. The third kappa shape index (κ3) is 6.30.